The van der Waals surface area contributed by atoms with E-state index >= 15 is 0 Å². The molecule has 1 N–H and O–H groups in total. The summed E-state index contributed by atoms with van der Waals surface area (Å²) in [6.07, 6.45) is 6.06. The SMILES string of the molecule is O=C(NC(C1CC1)C1CC1)[C@H]1C[C@H]1c1ccc(F)cc1. The van der Waals surface area contributed by atoms with Gasteiger partial charge in [-0.05, 0) is 67.6 Å². The summed E-state index contributed by atoms with van der Waals surface area (Å²) in [5.74, 6) is 1.92. The predicted molar refractivity (Wildman–Crippen MR) is 74.6 cm³/mol. The highest BCUT2D eigenvalue weighted by atomic mass is 19.1. The summed E-state index contributed by atoms with van der Waals surface area (Å²) in [6, 6.07) is 7.04. The van der Waals surface area contributed by atoms with Crippen LogP contribution >= 0.6 is 0 Å². The maximum absolute atomic E-state index is 12.9. The van der Waals surface area contributed by atoms with Crippen LogP contribution in [-0.4, -0.2) is 11.9 Å². The van der Waals surface area contributed by atoms with Crippen LogP contribution in [0, 0.1) is 23.6 Å². The first-order valence-corrected chi connectivity index (χ1v) is 7.78. The van der Waals surface area contributed by atoms with Gasteiger partial charge in [-0.15, -0.1) is 0 Å². The van der Waals surface area contributed by atoms with Crippen LogP contribution < -0.4 is 5.32 Å². The quantitative estimate of drug-likeness (QED) is 0.876. The van der Waals surface area contributed by atoms with Gasteiger partial charge in [0.15, 0.2) is 0 Å². The van der Waals surface area contributed by atoms with Gasteiger partial charge >= 0.3 is 0 Å². The highest BCUT2D eigenvalue weighted by molar-refractivity contribution is 5.83. The van der Waals surface area contributed by atoms with Crippen LogP contribution in [-0.2, 0) is 4.79 Å². The summed E-state index contributed by atoms with van der Waals surface area (Å²) in [6.45, 7) is 0. The molecule has 1 aromatic rings. The van der Waals surface area contributed by atoms with Crippen LogP contribution in [0.2, 0.25) is 0 Å². The average molecular weight is 273 g/mol. The molecule has 3 aliphatic carbocycles. The molecule has 0 spiro atoms. The molecule has 3 aliphatic rings. The third kappa shape index (κ3) is 2.46. The topological polar surface area (TPSA) is 29.1 Å². The van der Waals surface area contributed by atoms with Crippen LogP contribution in [0.5, 0.6) is 0 Å². The molecular formula is C17H20FNO. The van der Waals surface area contributed by atoms with E-state index in [1.165, 1.54) is 37.8 Å². The Bertz CT molecular complexity index is 506. The fourth-order valence-electron chi connectivity index (χ4n) is 3.37. The molecule has 0 radical (unpaired) electrons. The number of nitrogens with one attached hydrogen (secondary N) is 1. The van der Waals surface area contributed by atoms with E-state index in [-0.39, 0.29) is 17.6 Å². The highest BCUT2D eigenvalue weighted by Crippen LogP contribution is 2.49. The van der Waals surface area contributed by atoms with E-state index in [1.54, 1.807) is 0 Å². The lowest BCUT2D eigenvalue weighted by atomic mass is 10.1. The number of carbonyl (C=O) groups is 1. The van der Waals surface area contributed by atoms with E-state index in [1.807, 2.05) is 12.1 Å². The maximum Gasteiger partial charge on any atom is 0.223 e. The van der Waals surface area contributed by atoms with Crippen LogP contribution in [0.15, 0.2) is 24.3 Å². The lowest BCUT2D eigenvalue weighted by molar-refractivity contribution is -0.123. The van der Waals surface area contributed by atoms with Gasteiger partial charge in [0.1, 0.15) is 5.82 Å². The second-order valence-corrected chi connectivity index (χ2v) is 6.71. The van der Waals surface area contributed by atoms with E-state index in [9.17, 15) is 9.18 Å². The molecule has 0 bridgehead atoms. The van der Waals surface area contributed by atoms with Gasteiger partial charge in [0, 0.05) is 12.0 Å². The van der Waals surface area contributed by atoms with E-state index in [0.29, 0.717) is 12.0 Å². The molecule has 2 atom stereocenters. The van der Waals surface area contributed by atoms with Crippen molar-refractivity contribution in [3.63, 3.8) is 0 Å². The molecule has 1 aromatic carbocycles. The Morgan fingerprint density at radius 1 is 1.10 bits per heavy atom. The van der Waals surface area contributed by atoms with Crippen LogP contribution in [0.4, 0.5) is 4.39 Å². The van der Waals surface area contributed by atoms with Crippen molar-refractivity contribution >= 4 is 5.91 Å². The normalized spacial score (nSPS) is 28.5. The zero-order valence-electron chi connectivity index (χ0n) is 11.5. The summed E-state index contributed by atoms with van der Waals surface area (Å²) in [7, 11) is 0. The van der Waals surface area contributed by atoms with E-state index < -0.39 is 0 Å². The summed E-state index contributed by atoms with van der Waals surface area (Å²) in [4.78, 5) is 12.3. The predicted octanol–water partition coefficient (Wildman–Crippen LogP) is 3.23. The first-order chi connectivity index (χ1) is 9.72. The summed E-state index contributed by atoms with van der Waals surface area (Å²) >= 11 is 0. The molecular weight excluding hydrogens is 253 g/mol. The molecule has 0 aliphatic heterocycles. The van der Waals surface area contributed by atoms with Gasteiger partial charge in [0.25, 0.3) is 0 Å². The van der Waals surface area contributed by atoms with Crippen molar-refractivity contribution in [2.45, 2.75) is 44.1 Å². The summed E-state index contributed by atoms with van der Waals surface area (Å²) < 4.78 is 12.9. The van der Waals surface area contributed by atoms with E-state index in [0.717, 1.165) is 23.8 Å². The summed E-state index contributed by atoms with van der Waals surface area (Å²) in [5.41, 5.74) is 1.10. The third-order valence-electron chi connectivity index (χ3n) is 4.99. The average Bonchev–Trinajstić information content (AvgIpc) is 3.27. The zero-order valence-corrected chi connectivity index (χ0v) is 11.5. The van der Waals surface area contributed by atoms with Gasteiger partial charge in [-0.25, -0.2) is 4.39 Å². The number of carbonyl (C=O) groups excluding carboxylic acids is 1. The molecule has 0 unspecified atom stereocenters. The smallest absolute Gasteiger partial charge is 0.223 e. The lowest BCUT2D eigenvalue weighted by Crippen LogP contribution is -2.39. The van der Waals surface area contributed by atoms with Crippen molar-refractivity contribution in [3.8, 4) is 0 Å². The van der Waals surface area contributed by atoms with Gasteiger partial charge in [0.05, 0.1) is 0 Å². The molecule has 20 heavy (non-hydrogen) atoms. The van der Waals surface area contributed by atoms with Crippen LogP contribution in [0.3, 0.4) is 0 Å². The highest BCUT2D eigenvalue weighted by Gasteiger charge is 2.47. The minimum Gasteiger partial charge on any atom is -0.353 e. The van der Waals surface area contributed by atoms with Gasteiger partial charge in [0.2, 0.25) is 5.91 Å². The second kappa shape index (κ2) is 4.57. The first kappa shape index (κ1) is 12.4. The Morgan fingerprint density at radius 2 is 1.70 bits per heavy atom. The second-order valence-electron chi connectivity index (χ2n) is 6.71. The minimum atomic E-state index is -0.210. The van der Waals surface area contributed by atoms with Crippen LogP contribution in [0.25, 0.3) is 0 Å². The van der Waals surface area contributed by atoms with Gasteiger partial charge in [-0.1, -0.05) is 12.1 Å². The Balaban J connectivity index is 1.37. The molecule has 3 heteroatoms. The van der Waals surface area contributed by atoms with Gasteiger partial charge in [-0.3, -0.25) is 4.79 Å². The molecule has 2 nitrogen and oxygen atoms in total. The standard InChI is InChI=1S/C17H20FNO/c18-13-7-5-10(6-8-13)14-9-15(14)17(20)19-16(11-1-2-11)12-3-4-12/h5-8,11-12,14-16H,1-4,9H2,(H,19,20)/t14-,15-/m0/s1. The first-order valence-electron chi connectivity index (χ1n) is 7.78. The molecule has 106 valence electrons. The fraction of sp³-hybridized carbons (Fsp3) is 0.588. The van der Waals surface area contributed by atoms with E-state index in [2.05, 4.69) is 5.32 Å². The number of amides is 1. The van der Waals surface area contributed by atoms with Crippen molar-refractivity contribution in [2.24, 2.45) is 17.8 Å². The summed E-state index contributed by atoms with van der Waals surface area (Å²) in [5, 5.41) is 3.30. The monoisotopic (exact) mass is 273 g/mol. The Kier molecular flexibility index (Phi) is 2.83. The Hall–Kier alpha value is -1.38. The fourth-order valence-corrected chi connectivity index (χ4v) is 3.37. The molecule has 0 heterocycles. The van der Waals surface area contributed by atoms with Gasteiger partial charge < -0.3 is 5.32 Å². The molecule has 0 aromatic heterocycles. The number of hydrogen-bond acceptors (Lipinski definition) is 1. The van der Waals surface area contributed by atoms with Crippen molar-refractivity contribution in [1.82, 2.24) is 5.32 Å². The molecule has 4 rings (SSSR count). The number of benzene rings is 1. The van der Waals surface area contributed by atoms with Gasteiger partial charge in [-0.2, -0.15) is 0 Å². The minimum absolute atomic E-state index is 0.112. The third-order valence-corrected chi connectivity index (χ3v) is 4.99. The number of hydrogen-bond donors (Lipinski definition) is 1. The largest absolute Gasteiger partial charge is 0.353 e. The Morgan fingerprint density at radius 3 is 2.25 bits per heavy atom. The lowest BCUT2D eigenvalue weighted by Gasteiger charge is -2.17. The van der Waals surface area contributed by atoms with E-state index in [4.69, 9.17) is 0 Å². The molecule has 3 saturated carbocycles. The number of rotatable bonds is 5. The maximum atomic E-state index is 12.9. The zero-order chi connectivity index (χ0) is 13.7. The number of halogens is 1. The molecule has 0 saturated heterocycles. The molecule has 1 amide bonds. The van der Waals surface area contributed by atoms with Crippen molar-refractivity contribution < 1.29 is 9.18 Å². The van der Waals surface area contributed by atoms with Crippen molar-refractivity contribution in [1.29, 1.82) is 0 Å². The Labute approximate surface area is 118 Å². The van der Waals surface area contributed by atoms with Crippen LogP contribution in [0.1, 0.15) is 43.6 Å². The van der Waals surface area contributed by atoms with Crippen molar-refractivity contribution in [3.05, 3.63) is 35.6 Å². The van der Waals surface area contributed by atoms with Crippen molar-refractivity contribution in [2.75, 3.05) is 0 Å². The molecule has 3 fully saturated rings.